The predicted octanol–water partition coefficient (Wildman–Crippen LogP) is 5.59. The molecule has 0 aliphatic rings. The van der Waals surface area contributed by atoms with Crippen LogP contribution in [0.25, 0.3) is 10.9 Å². The van der Waals surface area contributed by atoms with Crippen molar-refractivity contribution < 1.29 is 0 Å². The van der Waals surface area contributed by atoms with Gasteiger partial charge < -0.3 is 0 Å². The third-order valence-electron chi connectivity index (χ3n) is 4.12. The van der Waals surface area contributed by atoms with Crippen molar-refractivity contribution in [2.24, 2.45) is 10.1 Å². The highest BCUT2D eigenvalue weighted by Crippen LogP contribution is 2.16. The van der Waals surface area contributed by atoms with Gasteiger partial charge in [-0.2, -0.15) is 5.10 Å². The fourth-order valence-electron chi connectivity index (χ4n) is 2.71. The third kappa shape index (κ3) is 4.24. The van der Waals surface area contributed by atoms with Crippen molar-refractivity contribution in [1.82, 2.24) is 10.4 Å². The van der Waals surface area contributed by atoms with Gasteiger partial charge in [-0.1, -0.05) is 72.3 Å². The highest BCUT2D eigenvalue weighted by molar-refractivity contribution is 6.33. The van der Waals surface area contributed by atoms with Gasteiger partial charge in [0.05, 0.1) is 17.4 Å². The predicted molar refractivity (Wildman–Crippen MR) is 117 cm³/mol. The molecule has 1 aromatic heterocycles. The minimum Gasteiger partial charge on any atom is -0.260 e. The topological polar surface area (TPSA) is 49.6 Å². The van der Waals surface area contributed by atoms with Crippen LogP contribution in [-0.2, 0) is 0 Å². The summed E-state index contributed by atoms with van der Waals surface area (Å²) < 4.78 is 0. The van der Waals surface area contributed by atoms with Crippen LogP contribution >= 0.6 is 11.6 Å². The van der Waals surface area contributed by atoms with Crippen molar-refractivity contribution in [3.05, 3.63) is 107 Å². The number of para-hydroxylation sites is 2. The number of aliphatic imine (C=N–C) groups is 1. The van der Waals surface area contributed by atoms with E-state index < -0.39 is 0 Å². The summed E-state index contributed by atoms with van der Waals surface area (Å²) in [6, 6.07) is 29.2. The SMILES string of the molecule is Clc1ccccc1C=NNC(=Nc1ccccc1)c1ccc2ccccc2n1. The first-order valence-corrected chi connectivity index (χ1v) is 9.21. The van der Waals surface area contributed by atoms with E-state index in [1.165, 1.54) is 0 Å². The summed E-state index contributed by atoms with van der Waals surface area (Å²) in [6.07, 6.45) is 1.67. The van der Waals surface area contributed by atoms with Crippen molar-refractivity contribution >= 4 is 40.2 Å². The van der Waals surface area contributed by atoms with E-state index in [2.05, 4.69) is 15.5 Å². The molecule has 0 spiro atoms. The second kappa shape index (κ2) is 8.46. The molecule has 0 aliphatic carbocycles. The number of pyridine rings is 1. The van der Waals surface area contributed by atoms with Crippen LogP contribution in [-0.4, -0.2) is 17.0 Å². The zero-order chi connectivity index (χ0) is 19.2. The number of rotatable bonds is 4. The van der Waals surface area contributed by atoms with Crippen molar-refractivity contribution in [3.8, 4) is 0 Å². The number of aromatic nitrogens is 1. The Kier molecular flexibility index (Phi) is 5.41. The van der Waals surface area contributed by atoms with Gasteiger partial charge >= 0.3 is 0 Å². The van der Waals surface area contributed by atoms with Crippen molar-refractivity contribution in [2.75, 3.05) is 0 Å². The maximum Gasteiger partial charge on any atom is 0.173 e. The standard InChI is InChI=1S/C23H17ClN4/c24-20-12-6-4-9-18(20)16-25-28-23(26-19-10-2-1-3-11-19)22-15-14-17-8-5-7-13-21(17)27-22/h1-16H,(H,26,28). The van der Waals surface area contributed by atoms with Gasteiger partial charge in [-0.3, -0.25) is 5.43 Å². The Morgan fingerprint density at radius 1 is 0.821 bits per heavy atom. The van der Waals surface area contributed by atoms with Gasteiger partial charge in [0.25, 0.3) is 0 Å². The van der Waals surface area contributed by atoms with Gasteiger partial charge in [-0.15, -0.1) is 0 Å². The molecule has 4 rings (SSSR count). The van der Waals surface area contributed by atoms with Gasteiger partial charge in [-0.05, 0) is 30.3 Å². The molecule has 0 unspecified atom stereocenters. The van der Waals surface area contributed by atoms with E-state index in [1.807, 2.05) is 91.0 Å². The molecule has 0 amide bonds. The average molecular weight is 385 g/mol. The molecular weight excluding hydrogens is 368 g/mol. The summed E-state index contributed by atoms with van der Waals surface area (Å²) in [5, 5.41) is 6.04. The Morgan fingerprint density at radius 3 is 2.43 bits per heavy atom. The second-order valence-electron chi connectivity index (χ2n) is 6.08. The molecule has 5 heteroatoms. The number of hydrogen-bond donors (Lipinski definition) is 1. The van der Waals surface area contributed by atoms with E-state index in [0.29, 0.717) is 16.6 Å². The van der Waals surface area contributed by atoms with E-state index in [1.54, 1.807) is 6.21 Å². The van der Waals surface area contributed by atoms with Gasteiger partial charge in [0, 0.05) is 16.0 Å². The Labute approximate surface area is 168 Å². The summed E-state index contributed by atoms with van der Waals surface area (Å²) in [5.74, 6) is 0.556. The van der Waals surface area contributed by atoms with Crippen molar-refractivity contribution in [1.29, 1.82) is 0 Å². The van der Waals surface area contributed by atoms with E-state index >= 15 is 0 Å². The number of hydrazone groups is 1. The average Bonchev–Trinajstić information content (AvgIpc) is 2.75. The molecule has 0 fully saturated rings. The number of nitrogens with one attached hydrogen (secondary N) is 1. The molecule has 1 N–H and O–H groups in total. The minimum absolute atomic E-state index is 0.556. The normalized spacial score (nSPS) is 11.8. The molecule has 0 atom stereocenters. The summed E-state index contributed by atoms with van der Waals surface area (Å²) in [7, 11) is 0. The fourth-order valence-corrected chi connectivity index (χ4v) is 2.90. The van der Waals surface area contributed by atoms with E-state index in [9.17, 15) is 0 Å². The largest absolute Gasteiger partial charge is 0.260 e. The van der Waals surface area contributed by atoms with Gasteiger partial charge in [0.2, 0.25) is 0 Å². The second-order valence-corrected chi connectivity index (χ2v) is 6.48. The van der Waals surface area contributed by atoms with Crippen LogP contribution in [0.15, 0.2) is 101 Å². The number of benzene rings is 3. The quantitative estimate of drug-likeness (QED) is 0.283. The zero-order valence-corrected chi connectivity index (χ0v) is 15.7. The first kappa shape index (κ1) is 17.9. The number of nitrogens with zero attached hydrogens (tertiary/aromatic N) is 3. The summed E-state index contributed by atoms with van der Waals surface area (Å²) in [4.78, 5) is 9.41. The highest BCUT2D eigenvalue weighted by Gasteiger charge is 2.06. The first-order chi connectivity index (χ1) is 13.8. The molecular formula is C23H17ClN4. The molecule has 136 valence electrons. The lowest BCUT2D eigenvalue weighted by atomic mass is 10.2. The monoisotopic (exact) mass is 384 g/mol. The maximum atomic E-state index is 6.19. The summed E-state index contributed by atoms with van der Waals surface area (Å²) in [5.41, 5.74) is 6.27. The van der Waals surface area contributed by atoms with Crippen LogP contribution in [0.2, 0.25) is 5.02 Å². The fraction of sp³-hybridized carbons (Fsp3) is 0. The lowest BCUT2D eigenvalue weighted by Gasteiger charge is -2.07. The van der Waals surface area contributed by atoms with Crippen LogP contribution in [0.1, 0.15) is 11.3 Å². The molecule has 28 heavy (non-hydrogen) atoms. The van der Waals surface area contributed by atoms with E-state index in [-0.39, 0.29) is 0 Å². The Hall–Kier alpha value is -3.50. The van der Waals surface area contributed by atoms with E-state index in [4.69, 9.17) is 16.6 Å². The summed E-state index contributed by atoms with van der Waals surface area (Å²) >= 11 is 6.19. The zero-order valence-electron chi connectivity index (χ0n) is 15.0. The maximum absolute atomic E-state index is 6.19. The molecule has 3 aromatic carbocycles. The lowest BCUT2D eigenvalue weighted by Crippen LogP contribution is -2.20. The van der Waals surface area contributed by atoms with Crippen LogP contribution in [0.3, 0.4) is 0 Å². The molecule has 4 aromatic rings. The van der Waals surface area contributed by atoms with Crippen molar-refractivity contribution in [2.45, 2.75) is 0 Å². The van der Waals surface area contributed by atoms with Crippen LogP contribution in [0, 0.1) is 0 Å². The molecule has 0 aliphatic heterocycles. The highest BCUT2D eigenvalue weighted by atomic mass is 35.5. The van der Waals surface area contributed by atoms with Crippen LogP contribution in [0.5, 0.6) is 0 Å². The molecule has 0 saturated carbocycles. The number of fused-ring (bicyclic) bond motifs is 1. The minimum atomic E-state index is 0.556. The number of hydrogen-bond acceptors (Lipinski definition) is 3. The Balaban J connectivity index is 1.69. The molecule has 0 bridgehead atoms. The molecule has 0 radical (unpaired) electrons. The van der Waals surface area contributed by atoms with Crippen molar-refractivity contribution in [3.63, 3.8) is 0 Å². The summed E-state index contributed by atoms with van der Waals surface area (Å²) in [6.45, 7) is 0. The van der Waals surface area contributed by atoms with E-state index in [0.717, 1.165) is 22.2 Å². The molecule has 4 nitrogen and oxygen atoms in total. The smallest absolute Gasteiger partial charge is 0.173 e. The van der Waals surface area contributed by atoms with Gasteiger partial charge in [0.1, 0.15) is 5.69 Å². The number of halogens is 1. The lowest BCUT2D eigenvalue weighted by molar-refractivity contribution is 1.02. The first-order valence-electron chi connectivity index (χ1n) is 8.83. The Morgan fingerprint density at radius 2 is 1.57 bits per heavy atom. The Bertz CT molecular complexity index is 1150. The molecule has 1 heterocycles. The molecule has 0 saturated heterocycles. The van der Waals surface area contributed by atoms with Crippen LogP contribution in [0.4, 0.5) is 5.69 Å². The van der Waals surface area contributed by atoms with Crippen LogP contribution < -0.4 is 5.43 Å². The van der Waals surface area contributed by atoms with Gasteiger partial charge in [-0.25, -0.2) is 9.98 Å². The number of amidine groups is 1. The third-order valence-corrected chi connectivity index (χ3v) is 4.46. The van der Waals surface area contributed by atoms with Gasteiger partial charge in [0.15, 0.2) is 5.84 Å².